The standard InChI is InChI=1S/C16H18Cl2N4O2S/c1-10(23)25-5-4-22-9-14(20-21-22)16(2,3)19-15(24)11-6-12(17)8-13(18)7-11/h6-9H,4-5H2,1-3H3,(H,19,24). The van der Waals surface area contributed by atoms with Gasteiger partial charge in [-0.3, -0.25) is 14.3 Å². The summed E-state index contributed by atoms with van der Waals surface area (Å²) < 4.78 is 1.65. The van der Waals surface area contributed by atoms with Gasteiger partial charge in [0.05, 0.1) is 18.3 Å². The number of nitrogens with one attached hydrogen (secondary N) is 1. The summed E-state index contributed by atoms with van der Waals surface area (Å²) in [6.45, 7) is 5.74. The van der Waals surface area contributed by atoms with Crippen LogP contribution in [0.4, 0.5) is 0 Å². The molecule has 0 saturated carbocycles. The van der Waals surface area contributed by atoms with Gasteiger partial charge in [0.15, 0.2) is 5.12 Å². The number of hydrogen-bond acceptors (Lipinski definition) is 5. The molecule has 0 bridgehead atoms. The summed E-state index contributed by atoms with van der Waals surface area (Å²) in [4.78, 5) is 23.4. The molecule has 0 fully saturated rings. The molecule has 1 aromatic carbocycles. The first-order valence-electron chi connectivity index (χ1n) is 7.50. The van der Waals surface area contributed by atoms with Gasteiger partial charge in [0, 0.05) is 28.3 Å². The number of carbonyl (C=O) groups is 2. The minimum Gasteiger partial charge on any atom is -0.341 e. The van der Waals surface area contributed by atoms with E-state index in [-0.39, 0.29) is 11.0 Å². The van der Waals surface area contributed by atoms with Gasteiger partial charge in [0.25, 0.3) is 5.91 Å². The van der Waals surface area contributed by atoms with E-state index in [0.29, 0.717) is 33.6 Å². The van der Waals surface area contributed by atoms with Crippen molar-refractivity contribution in [2.75, 3.05) is 5.75 Å². The zero-order valence-corrected chi connectivity index (χ0v) is 16.4. The van der Waals surface area contributed by atoms with Gasteiger partial charge >= 0.3 is 0 Å². The van der Waals surface area contributed by atoms with Gasteiger partial charge in [-0.1, -0.05) is 40.2 Å². The minimum absolute atomic E-state index is 0.0631. The van der Waals surface area contributed by atoms with E-state index in [9.17, 15) is 9.59 Å². The van der Waals surface area contributed by atoms with Gasteiger partial charge in [-0.25, -0.2) is 0 Å². The van der Waals surface area contributed by atoms with E-state index >= 15 is 0 Å². The highest BCUT2D eigenvalue weighted by Gasteiger charge is 2.27. The van der Waals surface area contributed by atoms with Crippen LogP contribution in [-0.4, -0.2) is 31.8 Å². The third-order valence-electron chi connectivity index (χ3n) is 3.36. The second-order valence-electron chi connectivity index (χ2n) is 5.94. The van der Waals surface area contributed by atoms with Crippen LogP contribution in [0.25, 0.3) is 0 Å². The van der Waals surface area contributed by atoms with Crippen molar-refractivity contribution < 1.29 is 9.59 Å². The second-order valence-corrected chi connectivity index (χ2v) is 8.09. The summed E-state index contributed by atoms with van der Waals surface area (Å²) in [6.07, 6.45) is 1.76. The van der Waals surface area contributed by atoms with E-state index < -0.39 is 5.54 Å². The van der Waals surface area contributed by atoms with Gasteiger partial charge in [0.2, 0.25) is 0 Å². The van der Waals surface area contributed by atoms with Gasteiger partial charge < -0.3 is 5.32 Å². The van der Waals surface area contributed by atoms with E-state index in [2.05, 4.69) is 15.6 Å². The number of rotatable bonds is 6. The Morgan fingerprint density at radius 1 is 1.24 bits per heavy atom. The third kappa shape index (κ3) is 5.73. The highest BCUT2D eigenvalue weighted by molar-refractivity contribution is 8.13. The Labute approximate surface area is 160 Å². The van der Waals surface area contributed by atoms with Crippen molar-refractivity contribution in [2.45, 2.75) is 32.9 Å². The molecule has 134 valence electrons. The third-order valence-corrected chi connectivity index (χ3v) is 4.59. The highest BCUT2D eigenvalue weighted by Crippen LogP contribution is 2.22. The molecule has 0 aliphatic rings. The number of benzene rings is 1. The molecule has 2 rings (SSSR count). The minimum atomic E-state index is -0.738. The molecule has 25 heavy (non-hydrogen) atoms. The fourth-order valence-electron chi connectivity index (χ4n) is 2.08. The number of aromatic nitrogens is 3. The lowest BCUT2D eigenvalue weighted by Crippen LogP contribution is -2.41. The fourth-order valence-corrected chi connectivity index (χ4v) is 3.17. The molecular formula is C16H18Cl2N4O2S. The van der Waals surface area contributed by atoms with Crippen molar-refractivity contribution in [3.05, 3.63) is 45.7 Å². The fraction of sp³-hybridized carbons (Fsp3) is 0.375. The number of amides is 1. The Morgan fingerprint density at radius 2 is 1.88 bits per heavy atom. The summed E-state index contributed by atoms with van der Waals surface area (Å²) in [5.41, 5.74) is 0.246. The van der Waals surface area contributed by atoms with Gasteiger partial charge in [-0.2, -0.15) is 0 Å². The molecule has 1 aromatic heterocycles. The van der Waals surface area contributed by atoms with Gasteiger partial charge in [-0.15, -0.1) is 5.10 Å². The Balaban J connectivity index is 2.06. The summed E-state index contributed by atoms with van der Waals surface area (Å²) in [6, 6.07) is 4.67. The smallest absolute Gasteiger partial charge is 0.252 e. The molecule has 2 aromatic rings. The van der Waals surface area contributed by atoms with Crippen LogP contribution >= 0.6 is 35.0 Å². The molecule has 1 N–H and O–H groups in total. The highest BCUT2D eigenvalue weighted by atomic mass is 35.5. The Hall–Kier alpha value is -1.57. The molecule has 1 amide bonds. The Kier molecular flexibility index (Phi) is 6.48. The Bertz CT molecular complexity index is 772. The summed E-state index contributed by atoms with van der Waals surface area (Å²) in [5, 5.41) is 11.9. The molecule has 0 aliphatic heterocycles. The van der Waals surface area contributed by atoms with E-state index in [1.54, 1.807) is 29.1 Å². The first kappa shape index (κ1) is 19.8. The van der Waals surface area contributed by atoms with Crippen molar-refractivity contribution >= 4 is 46.0 Å². The first-order chi connectivity index (χ1) is 11.7. The number of aryl methyl sites for hydroxylation is 1. The van der Waals surface area contributed by atoms with Crippen molar-refractivity contribution in [3.63, 3.8) is 0 Å². The number of nitrogens with zero attached hydrogens (tertiary/aromatic N) is 3. The quantitative estimate of drug-likeness (QED) is 0.802. The van der Waals surface area contributed by atoms with Crippen LogP contribution in [0.5, 0.6) is 0 Å². The van der Waals surface area contributed by atoms with Crippen LogP contribution in [-0.2, 0) is 16.9 Å². The van der Waals surface area contributed by atoms with Crippen LogP contribution in [0.3, 0.4) is 0 Å². The molecular weight excluding hydrogens is 383 g/mol. The first-order valence-corrected chi connectivity index (χ1v) is 9.24. The maximum atomic E-state index is 12.5. The lowest BCUT2D eigenvalue weighted by molar-refractivity contribution is -0.109. The van der Waals surface area contributed by atoms with Crippen molar-refractivity contribution in [2.24, 2.45) is 0 Å². The molecule has 0 saturated heterocycles. The summed E-state index contributed by atoms with van der Waals surface area (Å²) >= 11 is 13.1. The lowest BCUT2D eigenvalue weighted by Gasteiger charge is -2.23. The number of halogens is 2. The summed E-state index contributed by atoms with van der Waals surface area (Å²) in [5.74, 6) is 0.308. The maximum absolute atomic E-state index is 12.5. The maximum Gasteiger partial charge on any atom is 0.252 e. The van der Waals surface area contributed by atoms with Crippen LogP contribution in [0.15, 0.2) is 24.4 Å². The zero-order valence-electron chi connectivity index (χ0n) is 14.0. The SMILES string of the molecule is CC(=O)SCCn1cc(C(C)(C)NC(=O)c2cc(Cl)cc(Cl)c2)nn1. The van der Waals surface area contributed by atoms with Gasteiger partial charge in [0.1, 0.15) is 5.69 Å². The van der Waals surface area contributed by atoms with E-state index in [0.717, 1.165) is 0 Å². The van der Waals surface area contributed by atoms with Gasteiger partial charge in [-0.05, 0) is 32.0 Å². The van der Waals surface area contributed by atoms with Crippen LogP contribution < -0.4 is 5.32 Å². The predicted molar refractivity (Wildman–Crippen MR) is 100 cm³/mol. The average molecular weight is 401 g/mol. The largest absolute Gasteiger partial charge is 0.341 e. The number of thioether (sulfide) groups is 1. The van der Waals surface area contributed by atoms with Crippen LogP contribution in [0.1, 0.15) is 36.8 Å². The summed E-state index contributed by atoms with van der Waals surface area (Å²) in [7, 11) is 0. The van der Waals surface area contributed by atoms with Crippen LogP contribution in [0.2, 0.25) is 10.0 Å². The molecule has 0 spiro atoms. The molecule has 9 heteroatoms. The zero-order chi connectivity index (χ0) is 18.6. The molecule has 0 radical (unpaired) electrons. The van der Waals surface area contributed by atoms with Crippen molar-refractivity contribution in [3.8, 4) is 0 Å². The molecule has 0 atom stereocenters. The molecule has 6 nitrogen and oxygen atoms in total. The van der Waals surface area contributed by atoms with E-state index in [1.807, 2.05) is 13.8 Å². The van der Waals surface area contributed by atoms with Crippen molar-refractivity contribution in [1.82, 2.24) is 20.3 Å². The van der Waals surface area contributed by atoms with Crippen molar-refractivity contribution in [1.29, 1.82) is 0 Å². The topological polar surface area (TPSA) is 76.9 Å². The number of hydrogen-bond donors (Lipinski definition) is 1. The monoisotopic (exact) mass is 400 g/mol. The van der Waals surface area contributed by atoms with Crippen LogP contribution in [0, 0.1) is 0 Å². The molecule has 0 unspecified atom stereocenters. The van der Waals surface area contributed by atoms with E-state index in [1.165, 1.54) is 18.7 Å². The molecule has 1 heterocycles. The molecule has 0 aliphatic carbocycles. The lowest BCUT2D eigenvalue weighted by atomic mass is 10.0. The Morgan fingerprint density at radius 3 is 2.48 bits per heavy atom. The predicted octanol–water partition coefficient (Wildman–Crippen LogP) is 3.53. The average Bonchev–Trinajstić information content (AvgIpc) is 2.95. The normalized spacial score (nSPS) is 11.4. The van der Waals surface area contributed by atoms with E-state index in [4.69, 9.17) is 23.2 Å². The number of carbonyl (C=O) groups excluding carboxylic acids is 2. The second kappa shape index (κ2) is 8.21.